The van der Waals surface area contributed by atoms with Gasteiger partial charge >= 0.3 is 0 Å². The fourth-order valence-corrected chi connectivity index (χ4v) is 3.61. The number of amides is 1. The van der Waals surface area contributed by atoms with Crippen LogP contribution in [0.4, 0.5) is 4.39 Å². The van der Waals surface area contributed by atoms with Crippen molar-refractivity contribution < 1.29 is 19.4 Å². The summed E-state index contributed by atoms with van der Waals surface area (Å²) in [7, 11) is 0. The van der Waals surface area contributed by atoms with Crippen molar-refractivity contribution >= 4 is 5.91 Å². The number of hydrogen-bond donors (Lipinski definition) is 2. The number of piperidine rings is 1. The van der Waals surface area contributed by atoms with Gasteiger partial charge in [-0.2, -0.15) is 0 Å². The first-order valence-electron chi connectivity index (χ1n) is 7.50. The number of fused-ring (bicyclic) bond motifs is 1. The molecule has 0 bridgehead atoms. The van der Waals surface area contributed by atoms with Crippen LogP contribution in [0.25, 0.3) is 0 Å². The number of halogens is 1. The Bertz CT molecular complexity index is 562. The van der Waals surface area contributed by atoms with E-state index in [0.29, 0.717) is 19.5 Å². The number of benzene rings is 1. The molecule has 21 heavy (non-hydrogen) atoms. The molecule has 1 amide bonds. The third-order valence-corrected chi connectivity index (χ3v) is 4.90. The van der Waals surface area contributed by atoms with Gasteiger partial charge < -0.3 is 15.1 Å². The lowest BCUT2D eigenvalue weighted by Gasteiger charge is -2.47. The van der Waals surface area contributed by atoms with E-state index < -0.39 is 11.4 Å². The molecule has 2 atom stereocenters. The lowest BCUT2D eigenvalue weighted by Crippen LogP contribution is -2.54. The standard InChI is InChI=1S/C16H20FNO3/c17-12-4-5-14(19)13(9-12)15(20)18-8-7-16(21)6-2-1-3-11(16)10-18/h4-5,9,11,19,21H,1-3,6-8,10H2. The average Bonchev–Trinajstić information content (AvgIpc) is 2.48. The minimum atomic E-state index is -0.654. The number of carbonyl (C=O) groups is 1. The predicted molar refractivity (Wildman–Crippen MR) is 75.5 cm³/mol. The first kappa shape index (κ1) is 14.3. The molecule has 1 aliphatic carbocycles. The van der Waals surface area contributed by atoms with E-state index in [1.165, 1.54) is 6.07 Å². The number of hydrogen-bond acceptors (Lipinski definition) is 3. The first-order valence-corrected chi connectivity index (χ1v) is 7.50. The molecule has 1 heterocycles. The monoisotopic (exact) mass is 293 g/mol. The predicted octanol–water partition coefficient (Wildman–Crippen LogP) is 2.30. The zero-order chi connectivity index (χ0) is 15.0. The minimum absolute atomic E-state index is 0.00347. The molecule has 4 nitrogen and oxygen atoms in total. The highest BCUT2D eigenvalue weighted by atomic mass is 19.1. The molecule has 114 valence electrons. The molecule has 1 saturated heterocycles. The number of phenolic OH excluding ortho intramolecular Hbond substituents is 1. The molecule has 1 saturated carbocycles. The summed E-state index contributed by atoms with van der Waals surface area (Å²) in [6.45, 7) is 0.924. The normalized spacial score (nSPS) is 29.0. The van der Waals surface area contributed by atoms with Crippen molar-refractivity contribution in [2.45, 2.75) is 37.7 Å². The molecular weight excluding hydrogens is 273 g/mol. The van der Waals surface area contributed by atoms with Crippen LogP contribution in [0.5, 0.6) is 5.75 Å². The van der Waals surface area contributed by atoms with Gasteiger partial charge in [0.2, 0.25) is 0 Å². The third-order valence-electron chi connectivity index (χ3n) is 4.90. The van der Waals surface area contributed by atoms with Crippen LogP contribution in [0.1, 0.15) is 42.5 Å². The van der Waals surface area contributed by atoms with E-state index in [1.54, 1.807) is 4.90 Å². The Morgan fingerprint density at radius 1 is 1.33 bits per heavy atom. The van der Waals surface area contributed by atoms with Gasteiger partial charge in [-0.15, -0.1) is 0 Å². The number of aromatic hydroxyl groups is 1. The van der Waals surface area contributed by atoms with Crippen molar-refractivity contribution in [2.75, 3.05) is 13.1 Å². The first-order chi connectivity index (χ1) is 9.99. The van der Waals surface area contributed by atoms with Gasteiger partial charge in [-0.1, -0.05) is 12.8 Å². The quantitative estimate of drug-likeness (QED) is 0.835. The molecule has 1 aliphatic heterocycles. The fourth-order valence-electron chi connectivity index (χ4n) is 3.61. The van der Waals surface area contributed by atoms with Gasteiger partial charge in [0, 0.05) is 19.0 Å². The van der Waals surface area contributed by atoms with Crippen molar-refractivity contribution in [1.82, 2.24) is 4.90 Å². The SMILES string of the molecule is O=C(c1cc(F)ccc1O)N1CCC2(O)CCCCC2C1. The van der Waals surface area contributed by atoms with Gasteiger partial charge in [-0.25, -0.2) is 4.39 Å². The Morgan fingerprint density at radius 3 is 2.95 bits per heavy atom. The Balaban J connectivity index is 1.79. The number of phenols is 1. The van der Waals surface area contributed by atoms with Gasteiger partial charge in [0.15, 0.2) is 0 Å². The highest BCUT2D eigenvalue weighted by Gasteiger charge is 2.44. The number of aliphatic hydroxyl groups is 1. The molecular formula is C16H20FNO3. The summed E-state index contributed by atoms with van der Waals surface area (Å²) in [6.07, 6.45) is 4.37. The van der Waals surface area contributed by atoms with Crippen molar-refractivity contribution in [3.8, 4) is 5.75 Å². The van der Waals surface area contributed by atoms with Gasteiger partial charge in [-0.05, 0) is 37.5 Å². The van der Waals surface area contributed by atoms with E-state index in [4.69, 9.17) is 0 Å². The summed E-state index contributed by atoms with van der Waals surface area (Å²) in [5, 5.41) is 20.4. The Hall–Kier alpha value is -1.62. The van der Waals surface area contributed by atoms with Crippen LogP contribution in [0, 0.1) is 11.7 Å². The van der Waals surface area contributed by atoms with Crippen molar-refractivity contribution in [3.63, 3.8) is 0 Å². The lowest BCUT2D eigenvalue weighted by molar-refractivity contribution is -0.0886. The smallest absolute Gasteiger partial charge is 0.257 e. The molecule has 2 fully saturated rings. The molecule has 0 spiro atoms. The molecule has 5 heteroatoms. The topological polar surface area (TPSA) is 60.8 Å². The van der Waals surface area contributed by atoms with Crippen LogP contribution in [-0.4, -0.2) is 39.7 Å². The zero-order valence-corrected chi connectivity index (χ0v) is 11.9. The van der Waals surface area contributed by atoms with Gasteiger partial charge in [0.25, 0.3) is 5.91 Å². The van der Waals surface area contributed by atoms with E-state index in [9.17, 15) is 19.4 Å². The maximum absolute atomic E-state index is 13.3. The second-order valence-corrected chi connectivity index (χ2v) is 6.21. The molecule has 2 N–H and O–H groups in total. The molecule has 0 radical (unpaired) electrons. The lowest BCUT2D eigenvalue weighted by atomic mass is 9.71. The number of rotatable bonds is 1. The van der Waals surface area contributed by atoms with E-state index in [1.807, 2.05) is 0 Å². The van der Waals surface area contributed by atoms with Gasteiger partial charge in [0.1, 0.15) is 11.6 Å². The van der Waals surface area contributed by atoms with Crippen molar-refractivity contribution in [3.05, 3.63) is 29.6 Å². The highest BCUT2D eigenvalue weighted by molar-refractivity contribution is 5.96. The molecule has 1 aromatic carbocycles. The largest absolute Gasteiger partial charge is 0.507 e. The van der Waals surface area contributed by atoms with Crippen molar-refractivity contribution in [2.24, 2.45) is 5.92 Å². The number of nitrogens with zero attached hydrogens (tertiary/aromatic N) is 1. The van der Waals surface area contributed by atoms with E-state index in [2.05, 4.69) is 0 Å². The Labute approximate surface area is 123 Å². The Kier molecular flexibility index (Phi) is 3.61. The van der Waals surface area contributed by atoms with Crippen LogP contribution in [-0.2, 0) is 0 Å². The summed E-state index contributed by atoms with van der Waals surface area (Å²) in [5.41, 5.74) is -0.657. The van der Waals surface area contributed by atoms with E-state index in [-0.39, 0.29) is 23.1 Å². The van der Waals surface area contributed by atoms with E-state index >= 15 is 0 Å². The van der Waals surface area contributed by atoms with Crippen LogP contribution in [0.2, 0.25) is 0 Å². The summed E-state index contributed by atoms with van der Waals surface area (Å²) < 4.78 is 13.3. The second-order valence-electron chi connectivity index (χ2n) is 6.21. The van der Waals surface area contributed by atoms with Crippen LogP contribution in [0.15, 0.2) is 18.2 Å². The maximum Gasteiger partial charge on any atom is 0.257 e. The molecule has 2 unspecified atom stereocenters. The van der Waals surface area contributed by atoms with Crippen LogP contribution in [0.3, 0.4) is 0 Å². The van der Waals surface area contributed by atoms with Gasteiger partial charge in [0.05, 0.1) is 11.2 Å². The van der Waals surface area contributed by atoms with Crippen molar-refractivity contribution in [1.29, 1.82) is 0 Å². The molecule has 3 rings (SSSR count). The number of carbonyl (C=O) groups excluding carboxylic acids is 1. The van der Waals surface area contributed by atoms with Gasteiger partial charge in [-0.3, -0.25) is 4.79 Å². The highest BCUT2D eigenvalue weighted by Crippen LogP contribution is 2.40. The Morgan fingerprint density at radius 2 is 2.14 bits per heavy atom. The molecule has 1 aromatic rings. The summed E-state index contributed by atoms with van der Waals surface area (Å²) in [4.78, 5) is 14.1. The summed E-state index contributed by atoms with van der Waals surface area (Å²) in [6, 6.07) is 3.39. The maximum atomic E-state index is 13.3. The summed E-state index contributed by atoms with van der Waals surface area (Å²) in [5.74, 6) is -1.02. The fraction of sp³-hybridized carbons (Fsp3) is 0.562. The molecule has 0 aromatic heterocycles. The minimum Gasteiger partial charge on any atom is -0.507 e. The zero-order valence-electron chi connectivity index (χ0n) is 11.9. The molecule has 2 aliphatic rings. The van der Waals surface area contributed by atoms with Crippen LogP contribution >= 0.6 is 0 Å². The third kappa shape index (κ3) is 2.62. The second kappa shape index (κ2) is 5.30. The van der Waals surface area contributed by atoms with Crippen LogP contribution < -0.4 is 0 Å². The average molecular weight is 293 g/mol. The number of likely N-dealkylation sites (tertiary alicyclic amines) is 1. The van der Waals surface area contributed by atoms with E-state index in [0.717, 1.165) is 37.8 Å². The summed E-state index contributed by atoms with van der Waals surface area (Å²) >= 11 is 0.